The molecular formula is C10H10FNO2. The monoisotopic (exact) mass is 195 g/mol. The Morgan fingerprint density at radius 3 is 2.79 bits per heavy atom. The van der Waals surface area contributed by atoms with Crippen molar-refractivity contribution in [2.24, 2.45) is 0 Å². The second kappa shape index (κ2) is 2.78. The van der Waals surface area contributed by atoms with Crippen molar-refractivity contribution in [2.45, 2.75) is 5.72 Å². The summed E-state index contributed by atoms with van der Waals surface area (Å²) in [4.78, 5) is 12.6. The third kappa shape index (κ3) is 0.915. The topological polar surface area (TPSA) is 40.5 Å². The Balaban J connectivity index is 2.65. The van der Waals surface area contributed by atoms with Gasteiger partial charge in [0, 0.05) is 18.2 Å². The van der Waals surface area contributed by atoms with Gasteiger partial charge >= 0.3 is 0 Å². The summed E-state index contributed by atoms with van der Waals surface area (Å²) >= 11 is 0. The first-order valence-electron chi connectivity index (χ1n) is 4.27. The molecule has 1 unspecified atom stereocenters. The highest BCUT2D eigenvalue weighted by molar-refractivity contribution is 5.99. The average Bonchev–Trinajstić information content (AvgIpc) is 2.43. The molecule has 0 spiro atoms. The first-order valence-corrected chi connectivity index (χ1v) is 4.27. The third-order valence-electron chi connectivity index (χ3n) is 2.63. The van der Waals surface area contributed by atoms with E-state index in [1.807, 2.05) is 0 Å². The fraction of sp³-hybridized carbons (Fsp3) is 0.300. The highest BCUT2D eigenvalue weighted by atomic mass is 19.1. The third-order valence-corrected chi connectivity index (χ3v) is 2.63. The Kier molecular flexibility index (Phi) is 1.82. The van der Waals surface area contributed by atoms with E-state index in [1.165, 1.54) is 7.05 Å². The Bertz CT molecular complexity index is 393. The van der Waals surface area contributed by atoms with Crippen molar-refractivity contribution in [2.75, 3.05) is 13.7 Å². The van der Waals surface area contributed by atoms with Crippen molar-refractivity contribution in [1.29, 1.82) is 0 Å². The van der Waals surface area contributed by atoms with E-state index in [9.17, 15) is 14.3 Å². The van der Waals surface area contributed by atoms with E-state index < -0.39 is 12.4 Å². The molecule has 1 aliphatic heterocycles. The summed E-state index contributed by atoms with van der Waals surface area (Å²) in [7, 11) is 1.39. The van der Waals surface area contributed by atoms with E-state index in [0.717, 1.165) is 4.90 Å². The Labute approximate surface area is 80.8 Å². The molecule has 0 bridgehead atoms. The van der Waals surface area contributed by atoms with Crippen LogP contribution in [0, 0.1) is 0 Å². The van der Waals surface area contributed by atoms with Crippen molar-refractivity contribution < 1.29 is 14.3 Å². The molecule has 2 rings (SSSR count). The van der Waals surface area contributed by atoms with Gasteiger partial charge in [0.2, 0.25) is 0 Å². The van der Waals surface area contributed by atoms with E-state index in [2.05, 4.69) is 0 Å². The quantitative estimate of drug-likeness (QED) is 0.722. The maximum absolute atomic E-state index is 12.7. The first-order chi connectivity index (χ1) is 6.61. The molecule has 0 saturated heterocycles. The molecule has 1 heterocycles. The van der Waals surface area contributed by atoms with Crippen molar-refractivity contribution in [3.8, 4) is 0 Å². The van der Waals surface area contributed by atoms with Gasteiger partial charge in [0.1, 0.15) is 6.67 Å². The van der Waals surface area contributed by atoms with Gasteiger partial charge in [-0.05, 0) is 6.07 Å². The summed E-state index contributed by atoms with van der Waals surface area (Å²) in [5, 5.41) is 9.92. The van der Waals surface area contributed by atoms with Gasteiger partial charge in [-0.15, -0.1) is 0 Å². The zero-order valence-electron chi connectivity index (χ0n) is 7.70. The molecule has 1 aromatic carbocycles. The summed E-state index contributed by atoms with van der Waals surface area (Å²) < 4.78 is 12.7. The molecule has 0 radical (unpaired) electrons. The van der Waals surface area contributed by atoms with Crippen LogP contribution in [0.15, 0.2) is 24.3 Å². The van der Waals surface area contributed by atoms with Crippen molar-refractivity contribution in [3.63, 3.8) is 0 Å². The van der Waals surface area contributed by atoms with Gasteiger partial charge in [-0.1, -0.05) is 18.2 Å². The molecule has 1 aromatic rings. The number of nitrogens with zero attached hydrogens (tertiary/aromatic N) is 1. The van der Waals surface area contributed by atoms with Crippen LogP contribution in [0.4, 0.5) is 4.39 Å². The molecule has 4 heteroatoms. The Hall–Kier alpha value is -1.42. The molecule has 0 aromatic heterocycles. The number of aliphatic hydroxyl groups is 1. The molecule has 1 aliphatic rings. The smallest absolute Gasteiger partial charge is 0.256 e. The van der Waals surface area contributed by atoms with Gasteiger partial charge in [0.25, 0.3) is 5.91 Å². The summed E-state index contributed by atoms with van der Waals surface area (Å²) in [6.45, 7) is -0.994. The second-order valence-corrected chi connectivity index (χ2v) is 3.36. The van der Waals surface area contributed by atoms with Crippen LogP contribution in [-0.4, -0.2) is 29.6 Å². The number of hydrogen-bond donors (Lipinski definition) is 1. The van der Waals surface area contributed by atoms with Crippen molar-refractivity contribution in [3.05, 3.63) is 35.4 Å². The van der Waals surface area contributed by atoms with Gasteiger partial charge in [-0.3, -0.25) is 4.79 Å². The van der Waals surface area contributed by atoms with Crippen molar-refractivity contribution in [1.82, 2.24) is 4.90 Å². The lowest BCUT2D eigenvalue weighted by Crippen LogP contribution is -2.42. The minimum absolute atomic E-state index is 0.343. The van der Waals surface area contributed by atoms with E-state index in [1.54, 1.807) is 24.3 Å². The zero-order chi connectivity index (χ0) is 10.3. The largest absolute Gasteiger partial charge is 0.365 e. The number of hydrogen-bond acceptors (Lipinski definition) is 2. The van der Waals surface area contributed by atoms with Crippen LogP contribution in [0.25, 0.3) is 0 Å². The standard InChI is InChI=1S/C10H10FNO2/c1-12-9(13)7-4-2-3-5-8(7)10(12,14)6-11/h2-5,14H,6H2,1H3. The van der Waals surface area contributed by atoms with Crippen LogP contribution in [0.3, 0.4) is 0 Å². The van der Waals surface area contributed by atoms with Gasteiger partial charge in [0.15, 0.2) is 5.72 Å². The molecule has 74 valence electrons. The molecule has 0 fully saturated rings. The summed E-state index contributed by atoms with van der Waals surface area (Å²) in [6, 6.07) is 6.51. The first kappa shape index (κ1) is 9.15. The number of halogens is 1. The number of fused-ring (bicyclic) bond motifs is 1. The van der Waals surface area contributed by atoms with Crippen LogP contribution < -0.4 is 0 Å². The van der Waals surface area contributed by atoms with Gasteiger partial charge < -0.3 is 10.0 Å². The normalized spacial score (nSPS) is 25.4. The lowest BCUT2D eigenvalue weighted by atomic mass is 10.0. The van der Waals surface area contributed by atoms with Crippen LogP contribution in [-0.2, 0) is 5.72 Å². The number of carbonyl (C=O) groups is 1. The molecule has 0 aliphatic carbocycles. The lowest BCUT2D eigenvalue weighted by Gasteiger charge is -2.28. The number of rotatable bonds is 1. The molecule has 1 atom stereocenters. The second-order valence-electron chi connectivity index (χ2n) is 3.36. The highest BCUT2D eigenvalue weighted by Gasteiger charge is 2.46. The zero-order valence-corrected chi connectivity index (χ0v) is 7.70. The maximum Gasteiger partial charge on any atom is 0.256 e. The van der Waals surface area contributed by atoms with Crippen LogP contribution >= 0.6 is 0 Å². The van der Waals surface area contributed by atoms with Crippen LogP contribution in [0.2, 0.25) is 0 Å². The number of amides is 1. The summed E-state index contributed by atoms with van der Waals surface area (Å²) in [5.41, 5.74) is -1.07. The Morgan fingerprint density at radius 2 is 2.14 bits per heavy atom. The average molecular weight is 195 g/mol. The molecule has 0 saturated carbocycles. The molecule has 1 N–H and O–H groups in total. The van der Waals surface area contributed by atoms with Gasteiger partial charge in [-0.2, -0.15) is 0 Å². The maximum atomic E-state index is 12.7. The molecule has 1 amide bonds. The minimum atomic E-state index is -1.78. The number of carbonyl (C=O) groups excluding carboxylic acids is 1. The fourth-order valence-corrected chi connectivity index (χ4v) is 1.71. The molecule has 14 heavy (non-hydrogen) atoms. The number of benzene rings is 1. The summed E-state index contributed by atoms with van der Waals surface area (Å²) in [5.74, 6) is -0.347. The predicted octanol–water partition coefficient (Wildman–Crippen LogP) is 0.887. The van der Waals surface area contributed by atoms with E-state index in [4.69, 9.17) is 0 Å². The van der Waals surface area contributed by atoms with E-state index >= 15 is 0 Å². The Morgan fingerprint density at radius 1 is 1.50 bits per heavy atom. The van der Waals surface area contributed by atoms with Gasteiger partial charge in [0.05, 0.1) is 0 Å². The van der Waals surface area contributed by atoms with Crippen LogP contribution in [0.5, 0.6) is 0 Å². The highest BCUT2D eigenvalue weighted by Crippen LogP contribution is 2.35. The van der Waals surface area contributed by atoms with Crippen LogP contribution in [0.1, 0.15) is 15.9 Å². The lowest BCUT2D eigenvalue weighted by molar-refractivity contribution is -0.0876. The predicted molar refractivity (Wildman–Crippen MR) is 48.4 cm³/mol. The van der Waals surface area contributed by atoms with E-state index in [0.29, 0.717) is 11.1 Å². The molecular weight excluding hydrogens is 185 g/mol. The van der Waals surface area contributed by atoms with E-state index in [-0.39, 0.29) is 5.91 Å². The molecule has 3 nitrogen and oxygen atoms in total. The van der Waals surface area contributed by atoms with Gasteiger partial charge in [-0.25, -0.2) is 4.39 Å². The summed E-state index contributed by atoms with van der Waals surface area (Å²) in [6.07, 6.45) is 0. The minimum Gasteiger partial charge on any atom is -0.365 e. The van der Waals surface area contributed by atoms with Crippen molar-refractivity contribution >= 4 is 5.91 Å². The fourth-order valence-electron chi connectivity index (χ4n) is 1.71. The SMILES string of the molecule is CN1C(=O)c2ccccc2C1(O)CF. The number of alkyl halides is 1.